The normalized spacial score (nSPS) is 17.1. The van der Waals surface area contributed by atoms with Gasteiger partial charge in [-0.3, -0.25) is 9.59 Å². The quantitative estimate of drug-likeness (QED) is 0.502. The highest BCUT2D eigenvalue weighted by atomic mass is 16.5. The number of methoxy groups -OCH3 is 3. The standard InChI is InChI=1S/C28H35N3O5/c1-18-6-7-21(14-19(18)2)23-16-24(22-10-11-25(35-4)26(15-22)36-5)31(29-23)27(32)17-30(12-13-34-3)28(33)20-8-9-20/h6-7,10-11,14-15,20,24H,8-9,12-13,16-17H2,1-5H3/t24-/m0/s1. The molecule has 1 saturated carbocycles. The second-order valence-corrected chi connectivity index (χ2v) is 9.45. The van der Waals surface area contributed by atoms with Gasteiger partial charge in [0.25, 0.3) is 5.91 Å². The molecular formula is C28H35N3O5. The number of hydrogen-bond acceptors (Lipinski definition) is 6. The monoisotopic (exact) mass is 493 g/mol. The molecule has 4 rings (SSSR count). The number of carbonyl (C=O) groups excluding carboxylic acids is 2. The molecule has 0 radical (unpaired) electrons. The van der Waals surface area contributed by atoms with Crippen LogP contribution in [0.4, 0.5) is 0 Å². The minimum Gasteiger partial charge on any atom is -0.493 e. The van der Waals surface area contributed by atoms with E-state index in [1.54, 1.807) is 26.2 Å². The highest BCUT2D eigenvalue weighted by molar-refractivity contribution is 6.03. The molecule has 0 unspecified atom stereocenters. The number of aryl methyl sites for hydroxylation is 2. The molecule has 2 aromatic carbocycles. The minimum atomic E-state index is -0.325. The van der Waals surface area contributed by atoms with Crippen LogP contribution in [0.3, 0.4) is 0 Å². The predicted molar refractivity (Wildman–Crippen MR) is 137 cm³/mol. The van der Waals surface area contributed by atoms with E-state index in [4.69, 9.17) is 19.3 Å². The Balaban J connectivity index is 1.66. The Labute approximate surface area is 212 Å². The lowest BCUT2D eigenvalue weighted by atomic mass is 9.96. The van der Waals surface area contributed by atoms with Gasteiger partial charge in [0.05, 0.1) is 32.6 Å². The smallest absolute Gasteiger partial charge is 0.262 e. The molecule has 192 valence electrons. The maximum absolute atomic E-state index is 13.7. The number of benzene rings is 2. The summed E-state index contributed by atoms with van der Waals surface area (Å²) in [7, 11) is 4.78. The third-order valence-corrected chi connectivity index (χ3v) is 6.93. The number of nitrogens with zero attached hydrogens (tertiary/aromatic N) is 3. The van der Waals surface area contributed by atoms with E-state index in [9.17, 15) is 9.59 Å². The molecule has 0 aromatic heterocycles. The molecule has 2 amide bonds. The van der Waals surface area contributed by atoms with Gasteiger partial charge >= 0.3 is 0 Å². The van der Waals surface area contributed by atoms with Crippen molar-refractivity contribution < 1.29 is 23.8 Å². The Morgan fingerprint density at radius 1 is 1.00 bits per heavy atom. The maximum atomic E-state index is 13.7. The molecule has 0 spiro atoms. The summed E-state index contributed by atoms with van der Waals surface area (Å²) in [6.07, 6.45) is 2.31. The number of hydrazone groups is 1. The second kappa shape index (κ2) is 11.1. The van der Waals surface area contributed by atoms with Crippen molar-refractivity contribution >= 4 is 17.5 Å². The van der Waals surface area contributed by atoms with Crippen LogP contribution in [0.15, 0.2) is 41.5 Å². The topological polar surface area (TPSA) is 80.7 Å². The van der Waals surface area contributed by atoms with E-state index >= 15 is 0 Å². The molecule has 1 fully saturated rings. The van der Waals surface area contributed by atoms with Gasteiger partial charge in [-0.2, -0.15) is 5.10 Å². The van der Waals surface area contributed by atoms with Gasteiger partial charge in [-0.1, -0.05) is 18.2 Å². The first-order chi connectivity index (χ1) is 17.4. The highest BCUT2D eigenvalue weighted by Crippen LogP contribution is 2.38. The summed E-state index contributed by atoms with van der Waals surface area (Å²) in [5.74, 6) is 1.02. The van der Waals surface area contributed by atoms with Gasteiger partial charge in [-0.25, -0.2) is 5.01 Å². The van der Waals surface area contributed by atoms with Gasteiger partial charge in [-0.15, -0.1) is 0 Å². The largest absolute Gasteiger partial charge is 0.493 e. The number of ether oxygens (including phenoxy) is 3. The van der Waals surface area contributed by atoms with Gasteiger partial charge in [-0.05, 0) is 67.1 Å². The Morgan fingerprint density at radius 2 is 1.75 bits per heavy atom. The van der Waals surface area contributed by atoms with Crippen molar-refractivity contribution in [3.8, 4) is 11.5 Å². The summed E-state index contributed by atoms with van der Waals surface area (Å²) >= 11 is 0. The molecule has 2 aromatic rings. The lowest BCUT2D eigenvalue weighted by Gasteiger charge is -2.27. The summed E-state index contributed by atoms with van der Waals surface area (Å²) < 4.78 is 16.1. The average Bonchev–Trinajstić information content (AvgIpc) is 3.65. The molecule has 1 aliphatic heterocycles. The second-order valence-electron chi connectivity index (χ2n) is 9.45. The Kier molecular flexibility index (Phi) is 7.94. The Bertz CT molecular complexity index is 1160. The zero-order chi connectivity index (χ0) is 25.8. The fraction of sp³-hybridized carbons (Fsp3) is 0.464. The van der Waals surface area contributed by atoms with Crippen molar-refractivity contribution in [2.75, 3.05) is 41.0 Å². The molecule has 0 bridgehead atoms. The third-order valence-electron chi connectivity index (χ3n) is 6.93. The highest BCUT2D eigenvalue weighted by Gasteiger charge is 2.38. The van der Waals surface area contributed by atoms with Gasteiger partial charge in [0.2, 0.25) is 5.91 Å². The number of hydrogen-bond donors (Lipinski definition) is 0. The third kappa shape index (κ3) is 5.54. The fourth-order valence-electron chi connectivity index (χ4n) is 4.45. The van der Waals surface area contributed by atoms with Crippen LogP contribution in [0.5, 0.6) is 11.5 Å². The van der Waals surface area contributed by atoms with E-state index in [-0.39, 0.29) is 30.3 Å². The van der Waals surface area contributed by atoms with Crippen LogP contribution in [-0.2, 0) is 14.3 Å². The SMILES string of the molecule is COCCN(CC(=O)N1N=C(c2ccc(C)c(C)c2)C[C@H]1c1ccc(OC)c(OC)c1)C(=O)C1CC1. The zero-order valence-corrected chi connectivity index (χ0v) is 21.7. The van der Waals surface area contributed by atoms with E-state index in [1.807, 2.05) is 24.3 Å². The molecule has 0 saturated heterocycles. The van der Waals surface area contributed by atoms with Gasteiger partial charge < -0.3 is 19.1 Å². The van der Waals surface area contributed by atoms with Crippen molar-refractivity contribution in [3.63, 3.8) is 0 Å². The molecule has 1 heterocycles. The van der Waals surface area contributed by atoms with Crippen LogP contribution < -0.4 is 9.47 Å². The molecule has 2 aliphatic rings. The van der Waals surface area contributed by atoms with E-state index in [2.05, 4.69) is 26.0 Å². The van der Waals surface area contributed by atoms with E-state index < -0.39 is 0 Å². The van der Waals surface area contributed by atoms with E-state index in [0.717, 1.165) is 29.7 Å². The van der Waals surface area contributed by atoms with Crippen molar-refractivity contribution in [1.29, 1.82) is 0 Å². The van der Waals surface area contributed by atoms with Crippen LogP contribution in [0.25, 0.3) is 0 Å². The molecule has 1 aliphatic carbocycles. The first-order valence-electron chi connectivity index (χ1n) is 12.3. The predicted octanol–water partition coefficient (Wildman–Crippen LogP) is 3.88. The molecule has 36 heavy (non-hydrogen) atoms. The molecule has 1 atom stereocenters. The van der Waals surface area contributed by atoms with Crippen LogP contribution in [0.2, 0.25) is 0 Å². The number of rotatable bonds is 10. The van der Waals surface area contributed by atoms with Crippen LogP contribution in [0.1, 0.15) is 47.6 Å². The van der Waals surface area contributed by atoms with Gasteiger partial charge in [0.15, 0.2) is 11.5 Å². The summed E-state index contributed by atoms with van der Waals surface area (Å²) in [6.45, 7) is 4.86. The van der Waals surface area contributed by atoms with Crippen molar-refractivity contribution in [2.24, 2.45) is 11.0 Å². The summed E-state index contributed by atoms with van der Waals surface area (Å²) in [5, 5.41) is 6.33. The van der Waals surface area contributed by atoms with Crippen molar-refractivity contribution in [2.45, 2.75) is 39.2 Å². The van der Waals surface area contributed by atoms with E-state index in [0.29, 0.717) is 31.1 Å². The van der Waals surface area contributed by atoms with Crippen LogP contribution in [-0.4, -0.2) is 68.5 Å². The Hall–Kier alpha value is -3.39. The summed E-state index contributed by atoms with van der Waals surface area (Å²) in [6, 6.07) is 11.6. The molecule has 8 heteroatoms. The first kappa shape index (κ1) is 25.7. The lowest BCUT2D eigenvalue weighted by molar-refractivity contribution is -0.142. The molecular weight excluding hydrogens is 458 g/mol. The van der Waals surface area contributed by atoms with Gasteiger partial charge in [0, 0.05) is 26.0 Å². The van der Waals surface area contributed by atoms with Gasteiger partial charge in [0.1, 0.15) is 6.54 Å². The minimum absolute atomic E-state index is 0.0145. The fourth-order valence-corrected chi connectivity index (χ4v) is 4.45. The maximum Gasteiger partial charge on any atom is 0.262 e. The number of carbonyl (C=O) groups is 2. The van der Waals surface area contributed by atoms with Crippen LogP contribution in [0, 0.1) is 19.8 Å². The molecule has 8 nitrogen and oxygen atoms in total. The van der Waals surface area contributed by atoms with Crippen molar-refractivity contribution in [3.05, 3.63) is 58.7 Å². The Morgan fingerprint density at radius 3 is 2.39 bits per heavy atom. The molecule has 0 N–H and O–H groups in total. The lowest BCUT2D eigenvalue weighted by Crippen LogP contribution is -2.43. The summed E-state index contributed by atoms with van der Waals surface area (Å²) in [4.78, 5) is 28.1. The average molecular weight is 494 g/mol. The summed E-state index contributed by atoms with van der Waals surface area (Å²) in [5.41, 5.74) is 5.09. The zero-order valence-electron chi connectivity index (χ0n) is 21.7. The van der Waals surface area contributed by atoms with Crippen molar-refractivity contribution in [1.82, 2.24) is 9.91 Å². The first-order valence-corrected chi connectivity index (χ1v) is 12.3. The van der Waals surface area contributed by atoms with Crippen LogP contribution >= 0.6 is 0 Å². The number of amides is 2. The van der Waals surface area contributed by atoms with E-state index in [1.165, 1.54) is 16.1 Å².